The Hall–Kier alpha value is -3.37. The van der Waals surface area contributed by atoms with Crippen LogP contribution in [0.2, 0.25) is 0 Å². The number of pyridine rings is 1. The maximum absolute atomic E-state index is 6.24. The van der Waals surface area contributed by atoms with E-state index in [1.165, 1.54) is 11.1 Å². The van der Waals surface area contributed by atoms with Gasteiger partial charge in [-0.25, -0.2) is 4.98 Å². The summed E-state index contributed by atoms with van der Waals surface area (Å²) in [6, 6.07) is 26.9. The molecule has 5 rings (SSSR count). The molecule has 0 bridgehead atoms. The molecule has 0 atom stereocenters. The van der Waals surface area contributed by atoms with Gasteiger partial charge >= 0.3 is 0 Å². The van der Waals surface area contributed by atoms with Crippen molar-refractivity contribution in [2.24, 2.45) is 0 Å². The van der Waals surface area contributed by atoms with Crippen LogP contribution in [0.3, 0.4) is 0 Å². The Kier molecular flexibility index (Phi) is 5.08. The van der Waals surface area contributed by atoms with Gasteiger partial charge in [0.15, 0.2) is 0 Å². The molecular formula is C26H25N3O. The molecule has 2 heterocycles. The van der Waals surface area contributed by atoms with Crippen LogP contribution in [0.4, 0.5) is 5.82 Å². The van der Waals surface area contributed by atoms with Crippen molar-refractivity contribution in [1.82, 2.24) is 9.88 Å². The largest absolute Gasteiger partial charge is 0.492 e. The van der Waals surface area contributed by atoms with E-state index in [0.29, 0.717) is 12.4 Å². The van der Waals surface area contributed by atoms with E-state index in [1.807, 2.05) is 36.4 Å². The number of ether oxygens (including phenoxy) is 1. The van der Waals surface area contributed by atoms with Gasteiger partial charge in [-0.3, -0.25) is 4.90 Å². The fourth-order valence-corrected chi connectivity index (χ4v) is 4.25. The Morgan fingerprint density at radius 2 is 1.63 bits per heavy atom. The number of benzene rings is 3. The van der Waals surface area contributed by atoms with Crippen LogP contribution in [-0.2, 0) is 13.0 Å². The summed E-state index contributed by atoms with van der Waals surface area (Å²) in [4.78, 5) is 6.96. The molecule has 1 aromatic heterocycles. The monoisotopic (exact) mass is 395 g/mol. The Bertz CT molecular complexity index is 1190. The summed E-state index contributed by atoms with van der Waals surface area (Å²) < 4.78 is 6.24. The summed E-state index contributed by atoms with van der Waals surface area (Å²) in [5, 5.41) is 2.23. The highest BCUT2D eigenvalue weighted by Gasteiger charge is 2.16. The van der Waals surface area contributed by atoms with Crippen molar-refractivity contribution >= 4 is 16.6 Å². The molecule has 150 valence electrons. The molecule has 30 heavy (non-hydrogen) atoms. The lowest BCUT2D eigenvalue weighted by atomic mass is 10.00. The molecule has 0 saturated heterocycles. The van der Waals surface area contributed by atoms with E-state index in [2.05, 4.69) is 52.3 Å². The van der Waals surface area contributed by atoms with Gasteiger partial charge in [0.05, 0.1) is 5.69 Å². The van der Waals surface area contributed by atoms with Crippen molar-refractivity contribution in [2.45, 2.75) is 13.0 Å². The maximum atomic E-state index is 6.24. The molecule has 0 radical (unpaired) electrons. The number of anilines is 1. The summed E-state index contributed by atoms with van der Waals surface area (Å²) in [7, 11) is 0. The van der Waals surface area contributed by atoms with Gasteiger partial charge in [0.2, 0.25) is 0 Å². The van der Waals surface area contributed by atoms with Gasteiger partial charge in [-0.05, 0) is 47.2 Å². The van der Waals surface area contributed by atoms with Gasteiger partial charge in [-0.1, -0.05) is 54.6 Å². The lowest BCUT2D eigenvalue weighted by Crippen LogP contribution is -2.33. The van der Waals surface area contributed by atoms with Crippen molar-refractivity contribution in [3.8, 4) is 17.0 Å². The molecule has 1 aliphatic rings. The van der Waals surface area contributed by atoms with Gasteiger partial charge in [-0.15, -0.1) is 0 Å². The number of hydrogen-bond acceptors (Lipinski definition) is 4. The van der Waals surface area contributed by atoms with Crippen LogP contribution in [0.1, 0.15) is 11.1 Å². The number of aromatic nitrogens is 1. The minimum atomic E-state index is 0.528. The van der Waals surface area contributed by atoms with E-state index in [1.54, 1.807) is 0 Å². The Morgan fingerprint density at radius 1 is 0.833 bits per heavy atom. The Balaban J connectivity index is 1.33. The molecule has 1 aliphatic heterocycles. The van der Waals surface area contributed by atoms with Crippen LogP contribution in [0.15, 0.2) is 78.9 Å². The van der Waals surface area contributed by atoms with Crippen molar-refractivity contribution in [1.29, 1.82) is 0 Å². The molecule has 2 N–H and O–H groups in total. The molecule has 0 aliphatic carbocycles. The first-order valence-corrected chi connectivity index (χ1v) is 10.4. The number of nitrogen functional groups attached to an aromatic ring is 1. The fourth-order valence-electron chi connectivity index (χ4n) is 4.25. The van der Waals surface area contributed by atoms with Crippen LogP contribution in [0, 0.1) is 0 Å². The molecule has 4 heteroatoms. The van der Waals surface area contributed by atoms with E-state index in [4.69, 9.17) is 10.5 Å². The minimum absolute atomic E-state index is 0.528. The highest BCUT2D eigenvalue weighted by atomic mass is 16.5. The van der Waals surface area contributed by atoms with E-state index in [0.717, 1.165) is 53.8 Å². The predicted octanol–water partition coefficient (Wildman–Crippen LogP) is 4.92. The number of hydrogen-bond donors (Lipinski definition) is 1. The number of nitrogens with zero attached hydrogens (tertiary/aromatic N) is 2. The highest BCUT2D eigenvalue weighted by molar-refractivity contribution is 5.99. The number of rotatable bonds is 5. The zero-order chi connectivity index (χ0) is 20.3. The summed E-state index contributed by atoms with van der Waals surface area (Å²) >= 11 is 0. The SMILES string of the molecule is Nc1cccc(-c2ccc(OCCN3CCc4ccccc4C3)c3ccccc23)n1. The Morgan fingerprint density at radius 3 is 2.50 bits per heavy atom. The smallest absolute Gasteiger partial charge is 0.127 e. The van der Waals surface area contributed by atoms with Gasteiger partial charge < -0.3 is 10.5 Å². The second-order valence-corrected chi connectivity index (χ2v) is 7.75. The predicted molar refractivity (Wildman–Crippen MR) is 123 cm³/mol. The topological polar surface area (TPSA) is 51.4 Å². The van der Waals surface area contributed by atoms with Crippen molar-refractivity contribution in [2.75, 3.05) is 25.4 Å². The van der Waals surface area contributed by atoms with Crippen LogP contribution >= 0.6 is 0 Å². The van der Waals surface area contributed by atoms with E-state index < -0.39 is 0 Å². The van der Waals surface area contributed by atoms with Gasteiger partial charge in [0.25, 0.3) is 0 Å². The van der Waals surface area contributed by atoms with Crippen LogP contribution in [-0.4, -0.2) is 29.6 Å². The average Bonchev–Trinajstić information content (AvgIpc) is 2.79. The van der Waals surface area contributed by atoms with Crippen molar-refractivity contribution in [3.63, 3.8) is 0 Å². The second-order valence-electron chi connectivity index (χ2n) is 7.75. The van der Waals surface area contributed by atoms with Gasteiger partial charge in [-0.2, -0.15) is 0 Å². The van der Waals surface area contributed by atoms with Gasteiger partial charge in [0, 0.05) is 30.6 Å². The van der Waals surface area contributed by atoms with E-state index in [9.17, 15) is 0 Å². The molecule has 0 unspecified atom stereocenters. The highest BCUT2D eigenvalue weighted by Crippen LogP contribution is 2.34. The molecular weight excluding hydrogens is 370 g/mol. The fraction of sp³-hybridized carbons (Fsp3) is 0.192. The number of nitrogens with two attached hydrogens (primary N) is 1. The zero-order valence-corrected chi connectivity index (χ0v) is 16.9. The van der Waals surface area contributed by atoms with Crippen LogP contribution in [0.5, 0.6) is 5.75 Å². The third-order valence-corrected chi connectivity index (χ3v) is 5.81. The summed E-state index contributed by atoms with van der Waals surface area (Å²) in [6.45, 7) is 3.67. The molecule has 4 nitrogen and oxygen atoms in total. The van der Waals surface area contributed by atoms with E-state index >= 15 is 0 Å². The molecule has 3 aromatic carbocycles. The van der Waals surface area contributed by atoms with Crippen LogP contribution in [0.25, 0.3) is 22.0 Å². The first-order valence-electron chi connectivity index (χ1n) is 10.4. The third kappa shape index (κ3) is 3.74. The molecule has 0 spiro atoms. The third-order valence-electron chi connectivity index (χ3n) is 5.81. The zero-order valence-electron chi connectivity index (χ0n) is 16.9. The normalized spacial score (nSPS) is 13.9. The van der Waals surface area contributed by atoms with Crippen molar-refractivity contribution in [3.05, 3.63) is 90.0 Å². The minimum Gasteiger partial charge on any atom is -0.492 e. The lowest BCUT2D eigenvalue weighted by molar-refractivity contribution is 0.197. The average molecular weight is 396 g/mol. The first-order chi connectivity index (χ1) is 14.8. The van der Waals surface area contributed by atoms with Crippen LogP contribution < -0.4 is 10.5 Å². The summed E-state index contributed by atoms with van der Waals surface area (Å²) in [5.41, 5.74) is 10.8. The summed E-state index contributed by atoms with van der Waals surface area (Å²) in [6.07, 6.45) is 1.11. The standard InChI is InChI=1S/C26H25N3O/c27-26-11-5-10-24(28-26)22-12-13-25(23-9-4-3-8-21(22)23)30-17-16-29-15-14-19-6-1-2-7-20(19)18-29/h1-13H,14-18H2,(H2,27,28). The summed E-state index contributed by atoms with van der Waals surface area (Å²) in [5.74, 6) is 1.44. The molecule has 0 amide bonds. The Labute approximate surface area is 176 Å². The quantitative estimate of drug-likeness (QED) is 0.521. The first kappa shape index (κ1) is 18.6. The lowest BCUT2D eigenvalue weighted by Gasteiger charge is -2.28. The van der Waals surface area contributed by atoms with Gasteiger partial charge in [0.1, 0.15) is 18.2 Å². The second kappa shape index (κ2) is 8.17. The molecule has 0 saturated carbocycles. The number of fused-ring (bicyclic) bond motifs is 2. The van der Waals surface area contributed by atoms with E-state index in [-0.39, 0.29) is 0 Å². The van der Waals surface area contributed by atoms with Crippen molar-refractivity contribution < 1.29 is 4.74 Å². The molecule has 0 fully saturated rings. The molecule has 4 aromatic rings. The maximum Gasteiger partial charge on any atom is 0.127 e.